The van der Waals surface area contributed by atoms with Crippen LogP contribution in [0.2, 0.25) is 0 Å². The third-order valence-corrected chi connectivity index (χ3v) is 7.41. The highest BCUT2D eigenvalue weighted by Gasteiger charge is 2.20. The maximum absolute atomic E-state index is 11.2. The summed E-state index contributed by atoms with van der Waals surface area (Å²) in [7, 11) is 0. The highest BCUT2D eigenvalue weighted by Crippen LogP contribution is 2.41. The van der Waals surface area contributed by atoms with Gasteiger partial charge in [-0.1, -0.05) is 25.6 Å². The van der Waals surface area contributed by atoms with Crippen LogP contribution in [0.15, 0.2) is 33.2 Å². The predicted molar refractivity (Wildman–Crippen MR) is 134 cm³/mol. The van der Waals surface area contributed by atoms with E-state index in [1.807, 2.05) is 25.1 Å². The molecule has 0 radical (unpaired) electrons. The van der Waals surface area contributed by atoms with E-state index in [4.69, 9.17) is 19.3 Å². The fourth-order valence-corrected chi connectivity index (χ4v) is 4.74. The normalized spacial score (nSPS) is 12.8. The molecule has 0 saturated heterocycles. The summed E-state index contributed by atoms with van der Waals surface area (Å²) in [5, 5.41) is 8.68. The molecule has 0 aromatic heterocycles. The fraction of sp³-hybridized carbons (Fsp3) is 0.440. The number of carbonyl (C=O) groups is 2. The summed E-state index contributed by atoms with van der Waals surface area (Å²) in [4.78, 5) is 21.8. The maximum Gasteiger partial charge on any atom is 0.306 e. The fourth-order valence-electron chi connectivity index (χ4n) is 3.62. The summed E-state index contributed by atoms with van der Waals surface area (Å²) in [5.74, 6) is 0.963. The smallest absolute Gasteiger partial charge is 0.306 e. The second-order valence-electron chi connectivity index (χ2n) is 7.49. The van der Waals surface area contributed by atoms with E-state index in [0.717, 1.165) is 57.4 Å². The summed E-state index contributed by atoms with van der Waals surface area (Å²) in [6, 6.07) is 8.16. The molecule has 2 aliphatic heterocycles. The maximum atomic E-state index is 11.2. The van der Waals surface area contributed by atoms with Gasteiger partial charge in [-0.05, 0) is 79.9 Å². The molecule has 2 heterocycles. The van der Waals surface area contributed by atoms with E-state index in [-0.39, 0.29) is 19.8 Å². The first-order valence-corrected chi connectivity index (χ1v) is 12.2. The molecule has 33 heavy (non-hydrogen) atoms. The van der Waals surface area contributed by atoms with E-state index >= 15 is 0 Å². The quantitative estimate of drug-likeness (QED) is 0.406. The number of fused-ring (bicyclic) bond motifs is 2. The third kappa shape index (κ3) is 7.47. The number of ether oxygens (including phenoxy) is 3. The molecule has 0 amide bonds. The molecule has 0 fully saturated rings. The molecular formula is C25H30Br2O6. The number of halogens is 2. The first-order chi connectivity index (χ1) is 15.4. The molecular weight excluding hydrogens is 556 g/mol. The lowest BCUT2D eigenvalue weighted by Gasteiger charge is -2.09. The van der Waals surface area contributed by atoms with Gasteiger partial charge in [-0.3, -0.25) is 9.59 Å². The van der Waals surface area contributed by atoms with Gasteiger partial charge in [-0.15, -0.1) is 0 Å². The molecule has 0 bridgehead atoms. The molecule has 180 valence electrons. The first-order valence-electron chi connectivity index (χ1n) is 10.6. The average molecular weight is 586 g/mol. The predicted octanol–water partition coefficient (Wildman–Crippen LogP) is 5.92. The van der Waals surface area contributed by atoms with E-state index in [9.17, 15) is 9.59 Å². The Morgan fingerprint density at radius 3 is 2.45 bits per heavy atom. The van der Waals surface area contributed by atoms with Crippen molar-refractivity contribution in [2.45, 2.75) is 52.9 Å². The van der Waals surface area contributed by atoms with E-state index in [1.165, 1.54) is 11.1 Å². The number of carboxylic acids is 1. The van der Waals surface area contributed by atoms with Gasteiger partial charge >= 0.3 is 11.9 Å². The largest absolute Gasteiger partial charge is 0.493 e. The average Bonchev–Trinajstić information content (AvgIpc) is 3.43. The molecule has 8 heteroatoms. The van der Waals surface area contributed by atoms with Crippen LogP contribution in [0.5, 0.6) is 11.5 Å². The Hall–Kier alpha value is -2.06. The standard InChI is InChI=1S/C13H16O3.C11H10Br2O3.CH4/c1-2-15-13(14)6-4-10-3-5-12-11(9-10)7-8-16-12;12-9-6(1-2-8(14)15)5-7-3-4-16-11(7)10(9)13;/h3,5,9H,2,4,6-8H2,1H3;5H,1-4H2,(H,14,15);1H4. The van der Waals surface area contributed by atoms with Gasteiger partial charge in [0, 0.05) is 30.2 Å². The van der Waals surface area contributed by atoms with Crippen molar-refractivity contribution in [2.75, 3.05) is 19.8 Å². The Bertz CT molecular complexity index is 989. The van der Waals surface area contributed by atoms with E-state index < -0.39 is 5.97 Å². The lowest BCUT2D eigenvalue weighted by Crippen LogP contribution is -2.05. The lowest BCUT2D eigenvalue weighted by molar-refractivity contribution is -0.143. The van der Waals surface area contributed by atoms with Crippen molar-refractivity contribution in [2.24, 2.45) is 0 Å². The Morgan fingerprint density at radius 2 is 1.73 bits per heavy atom. The molecule has 0 unspecified atom stereocenters. The zero-order valence-electron chi connectivity index (χ0n) is 17.9. The molecule has 0 spiro atoms. The van der Waals surface area contributed by atoms with Crippen molar-refractivity contribution in [3.63, 3.8) is 0 Å². The Balaban J connectivity index is 0.000000227. The van der Waals surface area contributed by atoms with Gasteiger partial charge in [0.1, 0.15) is 11.5 Å². The lowest BCUT2D eigenvalue weighted by atomic mass is 10.0. The van der Waals surface area contributed by atoms with Crippen molar-refractivity contribution in [3.8, 4) is 11.5 Å². The minimum absolute atomic E-state index is 0. The van der Waals surface area contributed by atoms with Crippen molar-refractivity contribution in [3.05, 3.63) is 55.5 Å². The first kappa shape index (κ1) is 27.2. The Kier molecular flexibility index (Phi) is 10.7. The van der Waals surface area contributed by atoms with Crippen molar-refractivity contribution < 1.29 is 28.9 Å². The number of rotatable bonds is 7. The summed E-state index contributed by atoms with van der Waals surface area (Å²) in [5.41, 5.74) is 4.59. The van der Waals surface area contributed by atoms with Crippen LogP contribution in [0, 0.1) is 0 Å². The summed E-state index contributed by atoms with van der Waals surface area (Å²) < 4.78 is 17.6. The molecule has 6 nitrogen and oxygen atoms in total. The minimum Gasteiger partial charge on any atom is -0.493 e. The van der Waals surface area contributed by atoms with Gasteiger partial charge < -0.3 is 19.3 Å². The number of carboxylic acid groups (broad SMARTS) is 1. The molecule has 0 aliphatic carbocycles. The molecule has 4 rings (SSSR count). The molecule has 2 aromatic rings. The topological polar surface area (TPSA) is 82.1 Å². The third-order valence-electron chi connectivity index (χ3n) is 5.22. The van der Waals surface area contributed by atoms with Crippen LogP contribution >= 0.6 is 31.9 Å². The van der Waals surface area contributed by atoms with Crippen molar-refractivity contribution in [1.82, 2.24) is 0 Å². The van der Waals surface area contributed by atoms with E-state index in [2.05, 4.69) is 37.9 Å². The summed E-state index contributed by atoms with van der Waals surface area (Å²) >= 11 is 6.93. The highest BCUT2D eigenvalue weighted by atomic mass is 79.9. The van der Waals surface area contributed by atoms with Gasteiger partial charge in [0.05, 0.1) is 24.3 Å². The number of carbonyl (C=O) groups excluding carboxylic acids is 1. The Morgan fingerprint density at radius 1 is 1.00 bits per heavy atom. The van der Waals surface area contributed by atoms with Gasteiger partial charge in [-0.2, -0.15) is 0 Å². The number of esters is 1. The molecule has 0 atom stereocenters. The van der Waals surface area contributed by atoms with Crippen LogP contribution in [0.4, 0.5) is 0 Å². The van der Waals surface area contributed by atoms with Crippen LogP contribution in [0.1, 0.15) is 49.4 Å². The van der Waals surface area contributed by atoms with Crippen LogP contribution < -0.4 is 9.47 Å². The molecule has 2 aliphatic rings. The van der Waals surface area contributed by atoms with Crippen LogP contribution in [-0.2, 0) is 40.0 Å². The number of aryl methyl sites for hydroxylation is 2. The van der Waals surface area contributed by atoms with Crippen molar-refractivity contribution in [1.29, 1.82) is 0 Å². The van der Waals surface area contributed by atoms with Crippen molar-refractivity contribution >= 4 is 43.8 Å². The number of aliphatic carboxylic acids is 1. The molecule has 2 aromatic carbocycles. The second kappa shape index (κ2) is 13.0. The van der Waals surface area contributed by atoms with Gasteiger partial charge in [0.2, 0.25) is 0 Å². The summed E-state index contributed by atoms with van der Waals surface area (Å²) in [6.45, 7) is 3.75. The van der Waals surface area contributed by atoms with Crippen LogP contribution in [0.25, 0.3) is 0 Å². The Labute approximate surface area is 211 Å². The number of hydrogen-bond donors (Lipinski definition) is 1. The molecule has 1 N–H and O–H groups in total. The van der Waals surface area contributed by atoms with E-state index in [1.54, 1.807) is 0 Å². The van der Waals surface area contributed by atoms with Gasteiger partial charge in [0.15, 0.2) is 0 Å². The van der Waals surface area contributed by atoms with Crippen LogP contribution in [0.3, 0.4) is 0 Å². The minimum atomic E-state index is -0.778. The monoisotopic (exact) mass is 584 g/mol. The zero-order chi connectivity index (χ0) is 23.1. The van der Waals surface area contributed by atoms with Crippen LogP contribution in [-0.4, -0.2) is 36.9 Å². The highest BCUT2D eigenvalue weighted by molar-refractivity contribution is 9.13. The second-order valence-corrected chi connectivity index (χ2v) is 9.08. The SMILES string of the molecule is C.CCOC(=O)CCc1ccc2c(c1)CCO2.O=C(O)CCc1cc2c(c(Br)c1Br)OCC2. The molecule has 0 saturated carbocycles. The van der Waals surface area contributed by atoms with Gasteiger partial charge in [-0.25, -0.2) is 0 Å². The zero-order valence-corrected chi connectivity index (χ0v) is 21.1. The summed E-state index contributed by atoms with van der Waals surface area (Å²) in [6.07, 6.45) is 3.73. The number of hydrogen-bond acceptors (Lipinski definition) is 5. The number of benzene rings is 2. The van der Waals surface area contributed by atoms with E-state index in [0.29, 0.717) is 26.1 Å². The van der Waals surface area contributed by atoms with Gasteiger partial charge in [0.25, 0.3) is 0 Å².